The molecule has 0 aromatic carbocycles. The summed E-state index contributed by atoms with van der Waals surface area (Å²) >= 11 is 0. The molecule has 5 nitrogen and oxygen atoms in total. The van der Waals surface area contributed by atoms with Crippen LogP contribution in [0.5, 0.6) is 0 Å². The summed E-state index contributed by atoms with van der Waals surface area (Å²) in [7, 11) is 0. The minimum Gasteiger partial charge on any atom is -0.445 e. The van der Waals surface area contributed by atoms with Gasteiger partial charge in [0.25, 0.3) is 0 Å². The summed E-state index contributed by atoms with van der Waals surface area (Å²) in [6.45, 7) is 10.9. The number of nitrogens with zero attached hydrogens (tertiary/aromatic N) is 1. The molecule has 5 heteroatoms. The molecule has 2 atom stereocenters. The second-order valence-electron chi connectivity index (χ2n) is 5.10. The highest BCUT2D eigenvalue weighted by Gasteiger charge is 2.48. The molecular weight excluding hydrogens is 222 g/mol. The smallest absolute Gasteiger partial charge is 0.413 e. The first-order chi connectivity index (χ1) is 7.79. The molecule has 0 saturated carbocycles. The predicted octanol–water partition coefficient (Wildman–Crippen LogP) is 1.93. The largest absolute Gasteiger partial charge is 0.445 e. The van der Waals surface area contributed by atoms with Gasteiger partial charge >= 0.3 is 12.1 Å². The number of hydrogen-bond donors (Lipinski definition) is 0. The van der Waals surface area contributed by atoms with Gasteiger partial charge in [0, 0.05) is 5.41 Å². The van der Waals surface area contributed by atoms with Crippen LogP contribution in [0.25, 0.3) is 0 Å². The van der Waals surface area contributed by atoms with Crippen LogP contribution >= 0.6 is 0 Å². The molecule has 0 bridgehead atoms. The summed E-state index contributed by atoms with van der Waals surface area (Å²) in [6, 6.07) is -0.614. The lowest BCUT2D eigenvalue weighted by Gasteiger charge is -2.32. The molecule has 0 aliphatic carbocycles. The van der Waals surface area contributed by atoms with Crippen LogP contribution in [0.15, 0.2) is 12.7 Å². The molecule has 1 aliphatic rings. The van der Waals surface area contributed by atoms with E-state index in [9.17, 15) is 9.59 Å². The van der Waals surface area contributed by atoms with Crippen molar-refractivity contribution in [3.8, 4) is 0 Å². The second-order valence-corrected chi connectivity index (χ2v) is 5.10. The number of ether oxygens (including phenoxy) is 2. The molecule has 0 N–H and O–H groups in total. The first-order valence-electron chi connectivity index (χ1n) is 5.55. The Bertz CT molecular complexity index is 332. The Kier molecular flexibility index (Phi) is 3.80. The lowest BCUT2D eigenvalue weighted by Crippen LogP contribution is -2.47. The minimum atomic E-state index is -0.614. The van der Waals surface area contributed by atoms with Crippen molar-refractivity contribution < 1.29 is 19.1 Å². The molecule has 0 spiro atoms. The van der Waals surface area contributed by atoms with E-state index in [0.717, 1.165) is 0 Å². The molecule has 1 saturated heterocycles. The number of cyclic esters (lactones) is 1. The van der Waals surface area contributed by atoms with Crippen molar-refractivity contribution in [1.29, 1.82) is 0 Å². The van der Waals surface area contributed by atoms with Crippen LogP contribution in [0.3, 0.4) is 0 Å². The van der Waals surface area contributed by atoms with Gasteiger partial charge in [-0.3, -0.25) is 4.90 Å². The second kappa shape index (κ2) is 4.77. The van der Waals surface area contributed by atoms with Gasteiger partial charge in [0.1, 0.15) is 12.6 Å². The summed E-state index contributed by atoms with van der Waals surface area (Å²) in [6.07, 6.45) is 0.332. The first kappa shape index (κ1) is 13.5. The maximum atomic E-state index is 11.8. The van der Waals surface area contributed by atoms with Crippen molar-refractivity contribution >= 4 is 12.1 Å². The predicted molar refractivity (Wildman–Crippen MR) is 62.2 cm³/mol. The number of hydrogen-bond acceptors (Lipinski definition) is 4. The van der Waals surface area contributed by atoms with E-state index in [1.54, 1.807) is 6.92 Å². The quantitative estimate of drug-likeness (QED) is 0.547. The van der Waals surface area contributed by atoms with Crippen molar-refractivity contribution in [2.75, 3.05) is 6.61 Å². The van der Waals surface area contributed by atoms with E-state index in [0.29, 0.717) is 0 Å². The molecule has 1 unspecified atom stereocenters. The van der Waals surface area contributed by atoms with Crippen molar-refractivity contribution in [3.05, 3.63) is 12.7 Å². The zero-order valence-electron chi connectivity index (χ0n) is 10.7. The lowest BCUT2D eigenvalue weighted by atomic mass is 9.93. The van der Waals surface area contributed by atoms with Gasteiger partial charge in [0.15, 0.2) is 6.23 Å². The molecule has 1 fully saturated rings. The molecule has 0 radical (unpaired) electrons. The molecular formula is C12H19NO4. The third-order valence-electron chi connectivity index (χ3n) is 2.52. The normalized spacial score (nSPS) is 24.5. The molecule has 96 valence electrons. The Morgan fingerprint density at radius 1 is 1.59 bits per heavy atom. The Morgan fingerprint density at radius 2 is 2.18 bits per heavy atom. The molecule has 1 amide bonds. The summed E-state index contributed by atoms with van der Waals surface area (Å²) in [5.41, 5.74) is -0.354. The van der Waals surface area contributed by atoms with Crippen LogP contribution in [0.2, 0.25) is 0 Å². The van der Waals surface area contributed by atoms with E-state index in [4.69, 9.17) is 9.47 Å². The van der Waals surface area contributed by atoms with Gasteiger partial charge < -0.3 is 9.47 Å². The summed E-state index contributed by atoms with van der Waals surface area (Å²) in [5, 5.41) is 0. The minimum absolute atomic E-state index is 0.118. The van der Waals surface area contributed by atoms with Crippen LogP contribution < -0.4 is 0 Å². The fourth-order valence-electron chi connectivity index (χ4n) is 1.63. The molecule has 1 heterocycles. The Balaban J connectivity index is 2.87. The van der Waals surface area contributed by atoms with E-state index in [2.05, 4.69) is 6.58 Å². The first-order valence-corrected chi connectivity index (χ1v) is 5.55. The van der Waals surface area contributed by atoms with E-state index in [1.807, 2.05) is 20.8 Å². The fourth-order valence-corrected chi connectivity index (χ4v) is 1.63. The molecule has 0 aromatic rings. The van der Waals surface area contributed by atoms with Crippen LogP contribution in [-0.2, 0) is 14.3 Å². The van der Waals surface area contributed by atoms with Crippen molar-refractivity contribution in [3.63, 3.8) is 0 Å². The number of amides is 1. The highest BCUT2D eigenvalue weighted by molar-refractivity contribution is 5.84. The number of rotatable bonds is 2. The van der Waals surface area contributed by atoms with E-state index < -0.39 is 24.3 Å². The number of carbonyl (C=O) groups is 2. The Labute approximate surface area is 101 Å². The SMILES string of the molecule is C=CCOC(=O)N1C(C)C(=O)O[C@H]1C(C)(C)C. The average Bonchev–Trinajstić information content (AvgIpc) is 2.52. The molecule has 0 aromatic heterocycles. The maximum absolute atomic E-state index is 11.8. The van der Waals surface area contributed by atoms with E-state index >= 15 is 0 Å². The standard InChI is InChI=1S/C12H19NO4/c1-6-7-16-11(15)13-8(2)9(14)17-10(13)12(3,4)5/h6,8,10H,1,7H2,2-5H3/t8?,10-/m0/s1. The van der Waals surface area contributed by atoms with Gasteiger partial charge in [-0.25, -0.2) is 9.59 Å². The average molecular weight is 241 g/mol. The number of carbonyl (C=O) groups excluding carboxylic acids is 2. The Morgan fingerprint density at radius 3 is 2.65 bits per heavy atom. The third kappa shape index (κ3) is 2.78. The highest BCUT2D eigenvalue weighted by atomic mass is 16.6. The van der Waals surface area contributed by atoms with Gasteiger partial charge in [0.2, 0.25) is 0 Å². The zero-order chi connectivity index (χ0) is 13.2. The molecule has 17 heavy (non-hydrogen) atoms. The highest BCUT2D eigenvalue weighted by Crippen LogP contribution is 2.32. The lowest BCUT2D eigenvalue weighted by molar-refractivity contribution is -0.147. The molecule has 1 rings (SSSR count). The van der Waals surface area contributed by atoms with Crippen LogP contribution in [0, 0.1) is 5.41 Å². The number of esters is 1. The third-order valence-corrected chi connectivity index (χ3v) is 2.52. The topological polar surface area (TPSA) is 55.8 Å². The fraction of sp³-hybridized carbons (Fsp3) is 0.667. The van der Waals surface area contributed by atoms with Crippen molar-refractivity contribution in [1.82, 2.24) is 4.90 Å². The summed E-state index contributed by atoms with van der Waals surface area (Å²) in [5.74, 6) is -0.402. The van der Waals surface area contributed by atoms with Gasteiger partial charge in [-0.1, -0.05) is 33.4 Å². The van der Waals surface area contributed by atoms with Gasteiger partial charge in [-0.2, -0.15) is 0 Å². The van der Waals surface area contributed by atoms with Gasteiger partial charge in [-0.15, -0.1) is 0 Å². The zero-order valence-corrected chi connectivity index (χ0v) is 10.7. The molecule has 1 aliphatic heterocycles. The van der Waals surface area contributed by atoms with Crippen molar-refractivity contribution in [2.24, 2.45) is 5.41 Å². The monoisotopic (exact) mass is 241 g/mol. The maximum Gasteiger partial charge on any atom is 0.413 e. The summed E-state index contributed by atoms with van der Waals surface area (Å²) < 4.78 is 10.2. The summed E-state index contributed by atoms with van der Waals surface area (Å²) in [4.78, 5) is 24.7. The van der Waals surface area contributed by atoms with E-state index in [1.165, 1.54) is 11.0 Å². The van der Waals surface area contributed by atoms with Crippen LogP contribution in [-0.4, -0.2) is 35.8 Å². The van der Waals surface area contributed by atoms with E-state index in [-0.39, 0.29) is 12.0 Å². The van der Waals surface area contributed by atoms with Gasteiger partial charge in [-0.05, 0) is 6.92 Å². The Hall–Kier alpha value is -1.52. The van der Waals surface area contributed by atoms with Crippen LogP contribution in [0.1, 0.15) is 27.7 Å². The van der Waals surface area contributed by atoms with Gasteiger partial charge in [0.05, 0.1) is 0 Å². The van der Waals surface area contributed by atoms with Crippen molar-refractivity contribution in [2.45, 2.75) is 40.0 Å². The van der Waals surface area contributed by atoms with Crippen LogP contribution in [0.4, 0.5) is 4.79 Å².